The molecule has 0 spiro atoms. The van der Waals surface area contributed by atoms with Gasteiger partial charge in [-0.25, -0.2) is 0 Å². The smallest absolute Gasteiger partial charge is 0.307 e. The minimum atomic E-state index is -0.842. The summed E-state index contributed by atoms with van der Waals surface area (Å²) in [6, 6.07) is 19.9. The van der Waals surface area contributed by atoms with Crippen molar-refractivity contribution in [3.8, 4) is 22.3 Å². The zero-order chi connectivity index (χ0) is 24.2. The normalized spacial score (nSPS) is 11.1. The first-order valence-electron chi connectivity index (χ1n) is 10.7. The van der Waals surface area contributed by atoms with Crippen LogP contribution in [-0.2, 0) is 11.2 Å². The SMILES string of the molecule is CC(C)(C)O.Cc1cc2cc(-c3ccncc3)ccc2c(-c2ccc(Cl)cc2)c1CC(=O)O. The molecule has 1 heterocycles. The predicted molar refractivity (Wildman–Crippen MR) is 136 cm³/mol. The van der Waals surface area contributed by atoms with E-state index >= 15 is 0 Å². The molecule has 0 unspecified atom stereocenters. The number of aliphatic hydroxyl groups is 1. The number of pyridine rings is 1. The van der Waals surface area contributed by atoms with E-state index in [-0.39, 0.29) is 6.42 Å². The summed E-state index contributed by atoms with van der Waals surface area (Å²) < 4.78 is 0. The summed E-state index contributed by atoms with van der Waals surface area (Å²) in [5.41, 5.74) is 5.41. The quantitative estimate of drug-likeness (QED) is 0.345. The fraction of sp³-hybridized carbons (Fsp3) is 0.214. The van der Waals surface area contributed by atoms with Crippen molar-refractivity contribution >= 4 is 28.3 Å². The Kier molecular flexibility index (Phi) is 7.52. The molecule has 2 N–H and O–H groups in total. The molecular weight excluding hydrogens is 434 g/mol. The Morgan fingerprint density at radius 3 is 2.06 bits per heavy atom. The number of carbonyl (C=O) groups is 1. The van der Waals surface area contributed by atoms with E-state index in [1.165, 1.54) is 0 Å². The third-order valence-corrected chi connectivity index (χ3v) is 5.20. The van der Waals surface area contributed by atoms with Gasteiger partial charge in [0.05, 0.1) is 12.0 Å². The molecule has 0 aliphatic rings. The van der Waals surface area contributed by atoms with Gasteiger partial charge in [0.2, 0.25) is 0 Å². The van der Waals surface area contributed by atoms with Gasteiger partial charge in [0.25, 0.3) is 0 Å². The Hall–Kier alpha value is -3.21. The lowest BCUT2D eigenvalue weighted by atomic mass is 9.87. The Balaban J connectivity index is 0.000000555. The minimum Gasteiger partial charge on any atom is -0.481 e. The number of carboxylic acid groups (broad SMARTS) is 1. The molecular formula is C28H28ClNO3. The highest BCUT2D eigenvalue weighted by Crippen LogP contribution is 2.37. The van der Waals surface area contributed by atoms with Crippen molar-refractivity contribution in [3.05, 3.63) is 89.2 Å². The van der Waals surface area contributed by atoms with E-state index in [1.54, 1.807) is 33.2 Å². The molecule has 0 atom stereocenters. The average Bonchev–Trinajstić information content (AvgIpc) is 2.74. The lowest BCUT2D eigenvalue weighted by Crippen LogP contribution is -2.10. The number of fused-ring (bicyclic) bond motifs is 1. The lowest BCUT2D eigenvalue weighted by Gasteiger charge is -2.17. The highest BCUT2D eigenvalue weighted by Gasteiger charge is 2.16. The second-order valence-corrected chi connectivity index (χ2v) is 9.40. The van der Waals surface area contributed by atoms with Crippen molar-refractivity contribution < 1.29 is 15.0 Å². The Labute approximate surface area is 199 Å². The summed E-state index contributed by atoms with van der Waals surface area (Å²) in [5, 5.41) is 20.7. The summed E-state index contributed by atoms with van der Waals surface area (Å²) in [5.74, 6) is -0.842. The largest absolute Gasteiger partial charge is 0.481 e. The Morgan fingerprint density at radius 1 is 0.909 bits per heavy atom. The summed E-state index contributed by atoms with van der Waals surface area (Å²) >= 11 is 6.06. The predicted octanol–water partition coefficient (Wildman–Crippen LogP) is 6.93. The zero-order valence-electron chi connectivity index (χ0n) is 19.3. The topological polar surface area (TPSA) is 70.4 Å². The summed E-state index contributed by atoms with van der Waals surface area (Å²) in [6.45, 7) is 7.20. The number of aliphatic carboxylic acids is 1. The number of aromatic nitrogens is 1. The van der Waals surface area contributed by atoms with Crippen molar-refractivity contribution in [1.82, 2.24) is 4.98 Å². The number of nitrogens with zero attached hydrogens (tertiary/aromatic N) is 1. The summed E-state index contributed by atoms with van der Waals surface area (Å²) in [6.07, 6.45) is 3.53. The summed E-state index contributed by atoms with van der Waals surface area (Å²) in [7, 11) is 0. The highest BCUT2D eigenvalue weighted by atomic mass is 35.5. The maximum Gasteiger partial charge on any atom is 0.307 e. The van der Waals surface area contributed by atoms with Crippen molar-refractivity contribution in [1.29, 1.82) is 0 Å². The van der Waals surface area contributed by atoms with Gasteiger partial charge in [0.1, 0.15) is 0 Å². The van der Waals surface area contributed by atoms with Gasteiger partial charge in [-0.2, -0.15) is 0 Å². The van der Waals surface area contributed by atoms with Crippen LogP contribution in [0.3, 0.4) is 0 Å². The molecule has 0 aliphatic carbocycles. The molecule has 1 aromatic heterocycles. The third kappa shape index (κ3) is 6.64. The molecule has 0 aliphatic heterocycles. The van der Waals surface area contributed by atoms with E-state index in [2.05, 4.69) is 29.2 Å². The molecule has 0 saturated heterocycles. The standard InChI is InChI=1S/C24H18ClNO2.C4H10O/c1-15-12-19-13-18(16-8-10-26-11-9-16)4-7-21(19)24(22(15)14-23(27)28)17-2-5-20(25)6-3-17;1-4(2,3)5/h2-13H,14H2,1H3,(H,27,28);5H,1-3H3. The third-order valence-electron chi connectivity index (χ3n) is 4.95. The van der Waals surface area contributed by atoms with Gasteiger partial charge in [-0.05, 0) is 102 Å². The number of aryl methyl sites for hydroxylation is 1. The number of halogens is 1. The van der Waals surface area contributed by atoms with Crippen LogP contribution in [-0.4, -0.2) is 26.8 Å². The van der Waals surface area contributed by atoms with Crippen LogP contribution < -0.4 is 0 Å². The van der Waals surface area contributed by atoms with Crippen LogP contribution in [0.2, 0.25) is 5.02 Å². The molecule has 0 fully saturated rings. The minimum absolute atomic E-state index is 0.0220. The van der Waals surface area contributed by atoms with Crippen LogP contribution in [0.25, 0.3) is 33.0 Å². The van der Waals surface area contributed by atoms with Gasteiger partial charge >= 0.3 is 5.97 Å². The van der Waals surface area contributed by atoms with E-state index in [4.69, 9.17) is 16.7 Å². The number of rotatable bonds is 4. The first-order valence-corrected chi connectivity index (χ1v) is 11.1. The average molecular weight is 462 g/mol. The first kappa shape index (κ1) is 24.4. The van der Waals surface area contributed by atoms with Crippen LogP contribution in [0, 0.1) is 6.92 Å². The molecule has 4 nitrogen and oxygen atoms in total. The number of benzene rings is 3. The molecule has 4 aromatic rings. The van der Waals surface area contributed by atoms with Gasteiger partial charge in [0, 0.05) is 17.4 Å². The van der Waals surface area contributed by atoms with Crippen molar-refractivity contribution in [2.24, 2.45) is 0 Å². The molecule has 33 heavy (non-hydrogen) atoms. The number of carboxylic acids is 1. The van der Waals surface area contributed by atoms with Crippen LogP contribution in [0.4, 0.5) is 0 Å². The molecule has 5 heteroatoms. The highest BCUT2D eigenvalue weighted by molar-refractivity contribution is 6.30. The Morgan fingerprint density at radius 2 is 1.48 bits per heavy atom. The molecule has 3 aromatic carbocycles. The monoisotopic (exact) mass is 461 g/mol. The van der Waals surface area contributed by atoms with E-state index in [1.807, 2.05) is 43.3 Å². The fourth-order valence-corrected chi connectivity index (χ4v) is 3.77. The van der Waals surface area contributed by atoms with Gasteiger partial charge in [-0.3, -0.25) is 9.78 Å². The van der Waals surface area contributed by atoms with Crippen molar-refractivity contribution in [2.75, 3.05) is 0 Å². The lowest BCUT2D eigenvalue weighted by molar-refractivity contribution is -0.136. The summed E-state index contributed by atoms with van der Waals surface area (Å²) in [4.78, 5) is 15.6. The molecule has 0 bridgehead atoms. The molecule has 0 radical (unpaired) electrons. The van der Waals surface area contributed by atoms with Crippen LogP contribution in [0.1, 0.15) is 31.9 Å². The van der Waals surface area contributed by atoms with E-state index in [0.29, 0.717) is 5.02 Å². The second kappa shape index (κ2) is 10.2. The molecule has 0 amide bonds. The van der Waals surface area contributed by atoms with Crippen molar-refractivity contribution in [3.63, 3.8) is 0 Å². The molecule has 0 saturated carbocycles. The maximum absolute atomic E-state index is 11.5. The van der Waals surface area contributed by atoms with E-state index < -0.39 is 11.6 Å². The number of hydrogen-bond acceptors (Lipinski definition) is 3. The zero-order valence-corrected chi connectivity index (χ0v) is 20.0. The van der Waals surface area contributed by atoms with Crippen LogP contribution >= 0.6 is 11.6 Å². The van der Waals surface area contributed by atoms with Crippen molar-refractivity contribution in [2.45, 2.75) is 39.7 Å². The van der Waals surface area contributed by atoms with Gasteiger partial charge in [0.15, 0.2) is 0 Å². The molecule has 4 rings (SSSR count). The number of hydrogen-bond donors (Lipinski definition) is 2. The second-order valence-electron chi connectivity index (χ2n) is 8.97. The van der Waals surface area contributed by atoms with E-state index in [9.17, 15) is 9.90 Å². The van der Waals surface area contributed by atoms with Crippen LogP contribution in [0.5, 0.6) is 0 Å². The van der Waals surface area contributed by atoms with Gasteiger partial charge in [-0.15, -0.1) is 0 Å². The van der Waals surface area contributed by atoms with Gasteiger partial charge in [-0.1, -0.05) is 41.9 Å². The Bertz CT molecular complexity index is 1250. The first-order chi connectivity index (χ1) is 15.5. The van der Waals surface area contributed by atoms with Gasteiger partial charge < -0.3 is 10.2 Å². The molecule has 170 valence electrons. The maximum atomic E-state index is 11.5. The fourth-order valence-electron chi connectivity index (χ4n) is 3.64. The van der Waals surface area contributed by atoms with Crippen LogP contribution in [0.15, 0.2) is 73.1 Å². The van der Waals surface area contributed by atoms with E-state index in [0.717, 1.165) is 44.2 Å².